The molecule has 36 heavy (non-hydrogen) atoms. The number of pyridine rings is 1. The molecule has 176 valence electrons. The average Bonchev–Trinajstić information content (AvgIpc) is 3.56. The summed E-state index contributed by atoms with van der Waals surface area (Å²) in [6, 6.07) is 15.8. The van der Waals surface area contributed by atoms with Gasteiger partial charge < -0.3 is 0 Å². The molecule has 2 aromatic carbocycles. The second-order valence-corrected chi connectivity index (χ2v) is 7.75. The van der Waals surface area contributed by atoms with E-state index in [1.54, 1.807) is 35.4 Å². The molecule has 0 spiro atoms. The molecule has 9 nitrogen and oxygen atoms in total. The quantitative estimate of drug-likeness (QED) is 0.361. The zero-order valence-corrected chi connectivity index (χ0v) is 18.2. The summed E-state index contributed by atoms with van der Waals surface area (Å²) in [5.41, 5.74) is 1.73. The van der Waals surface area contributed by atoms with Gasteiger partial charge in [-0.25, -0.2) is 14.3 Å². The molecule has 4 heterocycles. The van der Waals surface area contributed by atoms with Gasteiger partial charge in [0.05, 0.1) is 34.8 Å². The lowest BCUT2D eigenvalue weighted by Crippen LogP contribution is -2.06. The molecule has 0 aliphatic carbocycles. The first-order chi connectivity index (χ1) is 17.5. The van der Waals surface area contributed by atoms with Gasteiger partial charge in [-0.15, -0.1) is 10.2 Å². The van der Waals surface area contributed by atoms with Crippen LogP contribution in [0.15, 0.2) is 85.5 Å². The third-order valence-electron chi connectivity index (χ3n) is 5.46. The highest BCUT2D eigenvalue weighted by Crippen LogP contribution is 2.31. The van der Waals surface area contributed by atoms with Crippen molar-refractivity contribution >= 4 is 10.9 Å². The SMILES string of the molecule is FC(F)(F)c1cccc(-n2cc(-c3nc(-c4ccncc4)nn3-c3cnnc4ccccc34)nn2)c1. The molecule has 0 unspecified atom stereocenters. The predicted octanol–water partition coefficient (Wildman–Crippen LogP) is 4.54. The van der Waals surface area contributed by atoms with E-state index in [0.717, 1.165) is 23.1 Å². The number of rotatable bonds is 4. The van der Waals surface area contributed by atoms with Gasteiger partial charge in [-0.3, -0.25) is 4.98 Å². The normalized spacial score (nSPS) is 11.8. The molecular formula is C24H14F3N9. The minimum absolute atomic E-state index is 0.208. The number of hydrogen-bond acceptors (Lipinski definition) is 7. The number of alkyl halides is 3. The van der Waals surface area contributed by atoms with E-state index < -0.39 is 11.7 Å². The molecule has 0 bridgehead atoms. The van der Waals surface area contributed by atoms with Crippen LogP contribution in [0, 0.1) is 0 Å². The fraction of sp³-hybridized carbons (Fsp3) is 0.0417. The summed E-state index contributed by atoms with van der Waals surface area (Å²) in [6.45, 7) is 0. The van der Waals surface area contributed by atoms with Gasteiger partial charge >= 0.3 is 6.18 Å². The van der Waals surface area contributed by atoms with Crippen molar-refractivity contribution in [2.75, 3.05) is 0 Å². The van der Waals surface area contributed by atoms with Gasteiger partial charge in [0.2, 0.25) is 0 Å². The minimum Gasteiger partial charge on any atom is -0.265 e. The maximum Gasteiger partial charge on any atom is 0.416 e. The third-order valence-corrected chi connectivity index (χ3v) is 5.46. The minimum atomic E-state index is -4.48. The fourth-order valence-corrected chi connectivity index (χ4v) is 3.75. The molecule has 0 atom stereocenters. The van der Waals surface area contributed by atoms with E-state index in [2.05, 4.69) is 35.6 Å². The zero-order chi connectivity index (χ0) is 24.7. The van der Waals surface area contributed by atoms with E-state index in [0.29, 0.717) is 28.5 Å². The van der Waals surface area contributed by atoms with Crippen LogP contribution < -0.4 is 0 Å². The van der Waals surface area contributed by atoms with E-state index in [9.17, 15) is 13.2 Å². The molecule has 0 saturated heterocycles. The average molecular weight is 485 g/mol. The van der Waals surface area contributed by atoms with Gasteiger partial charge in [0.15, 0.2) is 17.3 Å². The first-order valence-corrected chi connectivity index (χ1v) is 10.7. The lowest BCUT2D eigenvalue weighted by atomic mass is 10.2. The number of fused-ring (bicyclic) bond motifs is 1. The summed E-state index contributed by atoms with van der Waals surface area (Å²) >= 11 is 0. The number of aromatic nitrogens is 9. The summed E-state index contributed by atoms with van der Waals surface area (Å²) in [5, 5.41) is 22.0. The maximum atomic E-state index is 13.2. The molecule has 0 radical (unpaired) electrons. The Bertz CT molecular complexity index is 1690. The van der Waals surface area contributed by atoms with Crippen LogP contribution in [0.1, 0.15) is 5.56 Å². The molecule has 6 aromatic rings. The van der Waals surface area contributed by atoms with E-state index in [1.165, 1.54) is 23.0 Å². The highest BCUT2D eigenvalue weighted by atomic mass is 19.4. The lowest BCUT2D eigenvalue weighted by molar-refractivity contribution is -0.137. The second kappa shape index (κ2) is 8.34. The summed E-state index contributed by atoms with van der Waals surface area (Å²) in [7, 11) is 0. The Morgan fingerprint density at radius 2 is 1.69 bits per heavy atom. The molecule has 0 N–H and O–H groups in total. The van der Waals surface area contributed by atoms with Crippen LogP contribution in [0.5, 0.6) is 0 Å². The molecule has 0 amide bonds. The van der Waals surface area contributed by atoms with Crippen molar-refractivity contribution in [3.05, 3.63) is 91.0 Å². The first-order valence-electron chi connectivity index (χ1n) is 10.7. The van der Waals surface area contributed by atoms with Crippen LogP contribution in [-0.4, -0.2) is 44.9 Å². The fourth-order valence-electron chi connectivity index (χ4n) is 3.75. The predicted molar refractivity (Wildman–Crippen MR) is 123 cm³/mol. The van der Waals surface area contributed by atoms with E-state index in [1.807, 2.05) is 24.3 Å². The van der Waals surface area contributed by atoms with Crippen molar-refractivity contribution in [3.63, 3.8) is 0 Å². The molecule has 4 aromatic heterocycles. The molecule has 0 fully saturated rings. The number of halogens is 3. The summed E-state index contributed by atoms with van der Waals surface area (Å²) in [6.07, 6.45) is 1.84. The summed E-state index contributed by atoms with van der Waals surface area (Å²) < 4.78 is 42.5. The Morgan fingerprint density at radius 3 is 2.53 bits per heavy atom. The lowest BCUT2D eigenvalue weighted by Gasteiger charge is -2.08. The highest BCUT2D eigenvalue weighted by Gasteiger charge is 2.30. The first kappa shape index (κ1) is 21.5. The van der Waals surface area contributed by atoms with Crippen molar-refractivity contribution in [1.82, 2.24) is 44.9 Å². The molecule has 0 saturated carbocycles. The van der Waals surface area contributed by atoms with Gasteiger partial charge in [-0.1, -0.05) is 29.5 Å². The number of nitrogens with zero attached hydrogens (tertiary/aromatic N) is 9. The van der Waals surface area contributed by atoms with Crippen molar-refractivity contribution < 1.29 is 13.2 Å². The van der Waals surface area contributed by atoms with Crippen molar-refractivity contribution in [1.29, 1.82) is 0 Å². The third kappa shape index (κ3) is 3.83. The Morgan fingerprint density at radius 1 is 0.861 bits per heavy atom. The Labute approximate surface area is 200 Å². The van der Waals surface area contributed by atoms with Crippen molar-refractivity contribution in [2.24, 2.45) is 0 Å². The maximum absolute atomic E-state index is 13.2. The number of hydrogen-bond donors (Lipinski definition) is 0. The Balaban J connectivity index is 1.51. The van der Waals surface area contributed by atoms with Gasteiger partial charge in [0.1, 0.15) is 0 Å². The van der Waals surface area contributed by atoms with Crippen molar-refractivity contribution in [2.45, 2.75) is 6.18 Å². The molecule has 12 heteroatoms. The largest absolute Gasteiger partial charge is 0.416 e. The zero-order valence-electron chi connectivity index (χ0n) is 18.2. The molecule has 0 aliphatic heterocycles. The second-order valence-electron chi connectivity index (χ2n) is 7.75. The van der Waals surface area contributed by atoms with Gasteiger partial charge in [-0.2, -0.15) is 23.4 Å². The van der Waals surface area contributed by atoms with Crippen LogP contribution in [0.2, 0.25) is 0 Å². The van der Waals surface area contributed by atoms with Gasteiger partial charge in [-0.05, 0) is 36.4 Å². The summed E-state index contributed by atoms with van der Waals surface area (Å²) in [4.78, 5) is 8.71. The van der Waals surface area contributed by atoms with Crippen LogP contribution in [-0.2, 0) is 6.18 Å². The van der Waals surface area contributed by atoms with E-state index >= 15 is 0 Å². The van der Waals surface area contributed by atoms with Crippen LogP contribution in [0.25, 0.3) is 45.2 Å². The van der Waals surface area contributed by atoms with Crippen LogP contribution in [0.3, 0.4) is 0 Å². The highest BCUT2D eigenvalue weighted by molar-refractivity contribution is 5.86. The Kier molecular flexibility index (Phi) is 4.99. The Hall–Kier alpha value is -5.00. The van der Waals surface area contributed by atoms with Gasteiger partial charge in [0.25, 0.3) is 0 Å². The molecule has 6 rings (SSSR count). The van der Waals surface area contributed by atoms with Crippen LogP contribution in [0.4, 0.5) is 13.2 Å². The topological polar surface area (TPSA) is 100 Å². The monoisotopic (exact) mass is 485 g/mol. The van der Waals surface area contributed by atoms with Crippen LogP contribution >= 0.6 is 0 Å². The molecular weight excluding hydrogens is 471 g/mol. The standard InChI is InChI=1S/C24H14F3N9/c25-24(26,27)16-4-3-5-17(12-16)35-14-20(32-34-35)23-30-22(15-8-10-28-11-9-15)33-36(23)21-13-29-31-19-7-2-1-6-18(19)21/h1-14H. The molecule has 0 aliphatic rings. The smallest absolute Gasteiger partial charge is 0.265 e. The van der Waals surface area contributed by atoms with E-state index in [-0.39, 0.29) is 5.69 Å². The number of benzene rings is 2. The summed E-state index contributed by atoms with van der Waals surface area (Å²) in [5.74, 6) is 0.736. The van der Waals surface area contributed by atoms with Gasteiger partial charge in [0, 0.05) is 23.3 Å². The van der Waals surface area contributed by atoms with E-state index in [4.69, 9.17) is 0 Å². The van der Waals surface area contributed by atoms with Crippen molar-refractivity contribution in [3.8, 4) is 34.3 Å².